The smallest absolute Gasteiger partial charge is 0.208 e. The van der Waals surface area contributed by atoms with E-state index in [1.165, 1.54) is 58.4 Å². The predicted octanol–water partition coefficient (Wildman–Crippen LogP) is 16.6. The Hall–Kier alpha value is -7.60. The Morgan fingerprint density at radius 3 is 1.10 bits per heavy atom. The number of halogens is 1. The topological polar surface area (TPSA) is 284 Å². The molecule has 16 rings (SSSR count). The molecule has 4 unspecified atom stereocenters. The Labute approximate surface area is 780 Å². The first-order valence-electron chi connectivity index (χ1n) is 47.2. The van der Waals surface area contributed by atoms with E-state index in [0.29, 0.717) is 68.2 Å². The molecule has 130 heavy (non-hydrogen) atoms. The molecule has 8 aromatic rings. The van der Waals surface area contributed by atoms with Crippen LogP contribution in [0.25, 0.3) is 0 Å². The van der Waals surface area contributed by atoms with Gasteiger partial charge in [0.2, 0.25) is 40.1 Å². The van der Waals surface area contributed by atoms with Crippen LogP contribution in [0.2, 0.25) is 5.02 Å². The van der Waals surface area contributed by atoms with Gasteiger partial charge in [0.1, 0.15) is 11.6 Å². The zero-order valence-corrected chi connectivity index (χ0v) is 80.5. The summed E-state index contributed by atoms with van der Waals surface area (Å²) in [5.41, 5.74) is 8.73. The van der Waals surface area contributed by atoms with Gasteiger partial charge in [-0.15, -0.1) is 0 Å². The molecule has 4 aliphatic heterocycles. The average Bonchev–Trinajstić information content (AvgIpc) is 0.824. The van der Waals surface area contributed by atoms with E-state index < -0.39 is 40.1 Å². The molecular weight excluding hydrogens is 1730 g/mol. The summed E-state index contributed by atoms with van der Waals surface area (Å²) in [7, 11) is -13.1. The van der Waals surface area contributed by atoms with Crippen LogP contribution in [-0.2, 0) is 65.6 Å². The van der Waals surface area contributed by atoms with E-state index in [-0.39, 0.29) is 72.3 Å². The fourth-order valence-electron chi connectivity index (χ4n) is 20.8. The van der Waals surface area contributed by atoms with Crippen molar-refractivity contribution in [2.75, 3.05) is 114 Å². The van der Waals surface area contributed by atoms with Crippen molar-refractivity contribution in [2.45, 2.75) is 220 Å². The van der Waals surface area contributed by atoms with Gasteiger partial charge in [-0.25, -0.2) is 62.5 Å². The van der Waals surface area contributed by atoms with Crippen molar-refractivity contribution in [1.29, 1.82) is 5.26 Å². The Balaban J connectivity index is 0.000000148. The van der Waals surface area contributed by atoms with E-state index in [1.54, 1.807) is 12.4 Å². The predicted molar refractivity (Wildman–Crippen MR) is 520 cm³/mol. The van der Waals surface area contributed by atoms with Gasteiger partial charge in [0.05, 0.1) is 87.5 Å². The standard InChI is InChI=1S/C27H38N2O3S.C26H36N2O3S.C25H32N4O3S.C24H32ClN3O3S/c1-21(22-9-5-3-6-10-22)29-18-17-27(28-33(2,30)31)25(19-29)20-32-26-15-13-24(14-16-26)23-11-7-4-8-12-23;1-32(29,30)27-26-16-17-28(18-21-8-4-2-5-9-21)19-24(26)20-31-25-14-12-23(13-15-25)22-10-6-3-7-11-22;1-33(30,31)28-24-12-14-29(25-7-2-3-13-27-25)17-22(24)18-32-23-10-8-20(9-11-23)21-6-4-5-19(15-21)16-26;1-32(29,30)27-23-12-14-28(24-7-2-3-13-26-24)16-20(23)17-31-22-10-8-18(9-11-22)19-5-4-6-21(25)15-19/h3-12,21,24-28H,13-20H2,1-2H3;2-11,23-27H,12-20H2,1H3;2-7,13,15,20,22-24,28H,8-12,14,17-18H2,1H3;2-7,13,15,18,20,22-23,27H,8-12,14,16-17H2,1H3/t21-,24?,25?,26?,27-;23?,24?,25?,26-;20?,22?,23?,24-;18?,20?,22?,23-/m0000/s1. The zero-order valence-electron chi connectivity index (χ0n) is 76.5. The molecule has 0 radical (unpaired) electrons. The maximum absolute atomic E-state index is 12.0. The lowest BCUT2D eigenvalue weighted by molar-refractivity contribution is -0.0215. The summed E-state index contributed by atoms with van der Waals surface area (Å²) in [6.07, 6.45) is 29.7. The van der Waals surface area contributed by atoms with Crippen molar-refractivity contribution in [2.24, 2.45) is 23.7 Å². The monoisotopic (exact) mass is 1870 g/mol. The maximum Gasteiger partial charge on any atom is 0.208 e. The number of anilines is 2. The van der Waals surface area contributed by atoms with Gasteiger partial charge in [-0.2, -0.15) is 5.26 Å². The second kappa shape index (κ2) is 49.1. The SMILES string of the molecule is CS(=O)(=O)N[C@H]1CCN(Cc2ccccc2)CC1COC1CCC(c2ccccc2)CC1.CS(=O)(=O)N[C@H]1CCN(c2ccccn2)CC1COC1CCC(c2cccc(C#N)c2)CC1.CS(=O)(=O)N[C@H]1CCN(c2ccccn2)CC1COC1CCC(c2cccc(Cl)c2)CC1.C[C@@H](c1ccccc1)N1CC[C@H](NS(C)(=O)=O)C(COC2CCC(c3ccccc3)CC2)C1. The van der Waals surface area contributed by atoms with E-state index in [2.05, 4.69) is 189 Å². The van der Waals surface area contributed by atoms with Crippen LogP contribution in [-0.4, -0.2) is 206 Å². The number of nitrogens with one attached hydrogen (secondary N) is 4. The summed E-state index contributed by atoms with van der Waals surface area (Å²) in [4.78, 5) is 18.3. The molecule has 8 fully saturated rings. The molecule has 4 saturated carbocycles. The van der Waals surface area contributed by atoms with Gasteiger partial charge in [0, 0.05) is 130 Å². The van der Waals surface area contributed by atoms with E-state index in [9.17, 15) is 33.7 Å². The van der Waals surface area contributed by atoms with Crippen LogP contribution < -0.4 is 28.7 Å². The molecule has 6 heterocycles. The lowest BCUT2D eigenvalue weighted by Crippen LogP contribution is -2.52. The van der Waals surface area contributed by atoms with Crippen molar-refractivity contribution >= 4 is 63.3 Å². The second-order valence-electron chi connectivity index (χ2n) is 37.6. The Kier molecular flexibility index (Phi) is 37.7. The summed E-state index contributed by atoms with van der Waals surface area (Å²) in [6, 6.07) is 72.6. The number of aromatic nitrogens is 2. The maximum atomic E-state index is 12.0. The Morgan fingerprint density at radius 1 is 0.377 bits per heavy atom. The number of ether oxygens (including phenoxy) is 4. The van der Waals surface area contributed by atoms with Gasteiger partial charge in [0.15, 0.2) is 0 Å². The van der Waals surface area contributed by atoms with Gasteiger partial charge in [-0.05, 0) is 241 Å². The molecule has 0 amide bonds. The quantitative estimate of drug-likeness (QED) is 0.0325. The van der Waals surface area contributed by atoms with Crippen molar-refractivity contribution < 1.29 is 52.6 Å². The molecule has 2 aromatic heterocycles. The molecule has 28 heteroatoms. The molecule has 9 atom stereocenters. The first-order chi connectivity index (χ1) is 62.6. The molecule has 704 valence electrons. The molecular formula is C102H138ClN11O12S4. The number of hydrogen-bond acceptors (Lipinski definition) is 19. The summed E-state index contributed by atoms with van der Waals surface area (Å²) in [5.74, 6) is 4.54. The second-order valence-corrected chi connectivity index (χ2v) is 45.1. The van der Waals surface area contributed by atoms with Gasteiger partial charge >= 0.3 is 0 Å². The third kappa shape index (κ3) is 32.3. The Bertz CT molecular complexity index is 5240. The van der Waals surface area contributed by atoms with Gasteiger partial charge in [0.25, 0.3) is 0 Å². The highest BCUT2D eigenvalue weighted by Gasteiger charge is 2.40. The number of rotatable bonds is 30. The van der Waals surface area contributed by atoms with Crippen LogP contribution >= 0.6 is 11.6 Å². The highest BCUT2D eigenvalue weighted by Crippen LogP contribution is 2.41. The van der Waals surface area contributed by atoms with Crippen molar-refractivity contribution in [3.63, 3.8) is 0 Å². The minimum Gasteiger partial charge on any atom is -0.378 e. The molecule has 23 nitrogen and oxygen atoms in total. The minimum absolute atomic E-state index is 0.0560. The molecule has 4 aliphatic carbocycles. The van der Waals surface area contributed by atoms with Crippen LogP contribution in [0.5, 0.6) is 0 Å². The average molecular weight is 1870 g/mol. The van der Waals surface area contributed by atoms with E-state index in [4.69, 9.17) is 35.8 Å². The van der Waals surface area contributed by atoms with Crippen molar-refractivity contribution in [3.05, 3.63) is 263 Å². The van der Waals surface area contributed by atoms with E-state index in [0.717, 1.165) is 197 Å². The fourth-order valence-corrected chi connectivity index (χ4v) is 24.4. The van der Waals surface area contributed by atoms with Crippen molar-refractivity contribution in [1.82, 2.24) is 38.7 Å². The van der Waals surface area contributed by atoms with E-state index >= 15 is 0 Å². The highest BCUT2D eigenvalue weighted by atomic mass is 35.5. The lowest BCUT2D eigenvalue weighted by atomic mass is 9.82. The van der Waals surface area contributed by atoms with E-state index in [1.807, 2.05) is 78.9 Å². The number of pyridine rings is 2. The first kappa shape index (κ1) is 99.9. The zero-order chi connectivity index (χ0) is 91.5. The molecule has 8 aliphatic rings. The number of nitriles is 1. The fraction of sp³-hybridized carbons (Fsp3) is 0.539. The third-order valence-corrected chi connectivity index (χ3v) is 30.9. The van der Waals surface area contributed by atoms with Crippen LogP contribution in [0.1, 0.15) is 204 Å². The van der Waals surface area contributed by atoms with Crippen LogP contribution in [0, 0.1) is 35.0 Å². The molecule has 0 bridgehead atoms. The number of sulfonamides is 4. The largest absolute Gasteiger partial charge is 0.378 e. The summed E-state index contributed by atoms with van der Waals surface area (Å²) >= 11 is 6.16. The summed E-state index contributed by atoms with van der Waals surface area (Å²) in [5, 5.41) is 9.95. The van der Waals surface area contributed by atoms with Gasteiger partial charge in [-0.3, -0.25) is 9.80 Å². The number of benzene rings is 6. The normalized spacial score (nSPS) is 27.0. The molecule has 0 spiro atoms. The molecule has 4 saturated heterocycles. The summed E-state index contributed by atoms with van der Waals surface area (Å²) < 4.78 is 132. The minimum atomic E-state index is -3.29. The van der Waals surface area contributed by atoms with Gasteiger partial charge < -0.3 is 28.7 Å². The Morgan fingerprint density at radius 2 is 0.715 bits per heavy atom. The van der Waals surface area contributed by atoms with Crippen LogP contribution in [0.4, 0.5) is 11.6 Å². The first-order valence-corrected chi connectivity index (χ1v) is 55.2. The highest BCUT2D eigenvalue weighted by molar-refractivity contribution is 7.89. The van der Waals surface area contributed by atoms with Crippen LogP contribution in [0.3, 0.4) is 0 Å². The number of nitrogens with zero attached hydrogens (tertiary/aromatic N) is 7. The number of hydrogen-bond donors (Lipinski definition) is 4. The van der Waals surface area contributed by atoms with Crippen LogP contribution in [0.15, 0.2) is 219 Å². The summed E-state index contributed by atoms with van der Waals surface area (Å²) in [6.45, 7) is 11.8. The lowest BCUT2D eigenvalue weighted by Gasteiger charge is -2.42. The van der Waals surface area contributed by atoms with Crippen molar-refractivity contribution in [3.8, 4) is 6.07 Å². The van der Waals surface area contributed by atoms with Gasteiger partial charge in [-0.1, -0.05) is 169 Å². The number of piperidine rings is 4. The molecule has 4 N–H and O–H groups in total. The third-order valence-electron chi connectivity index (χ3n) is 27.8. The molecule has 6 aromatic carbocycles. The number of likely N-dealkylation sites (tertiary alicyclic amines) is 2.